The number of hydrogen-bond acceptors (Lipinski definition) is 3. The maximum atomic E-state index is 11.2. The second-order valence-electron chi connectivity index (χ2n) is 4.08. The van der Waals surface area contributed by atoms with Gasteiger partial charge in [-0.25, -0.2) is 4.79 Å². The van der Waals surface area contributed by atoms with Crippen molar-refractivity contribution in [3.05, 3.63) is 35.9 Å². The molecule has 2 amide bonds. The number of amides is 2. The fourth-order valence-corrected chi connectivity index (χ4v) is 1.60. The molecule has 0 saturated carbocycles. The summed E-state index contributed by atoms with van der Waals surface area (Å²) < 4.78 is 0. The Morgan fingerprint density at radius 2 is 1.95 bits per heavy atom. The number of carboxylic acid groups (broad SMARTS) is 1. The average Bonchev–Trinajstić information content (AvgIpc) is 2.39. The van der Waals surface area contributed by atoms with Gasteiger partial charge in [0.1, 0.15) is 0 Å². The van der Waals surface area contributed by atoms with Crippen LogP contribution in [-0.4, -0.2) is 41.6 Å². The summed E-state index contributed by atoms with van der Waals surface area (Å²) in [6, 6.07) is 9.32. The van der Waals surface area contributed by atoms with Gasteiger partial charge in [-0.2, -0.15) is 0 Å². The molecule has 6 nitrogen and oxygen atoms in total. The normalized spacial score (nSPS) is 9.95. The zero-order valence-corrected chi connectivity index (χ0v) is 10.7. The highest BCUT2D eigenvalue weighted by molar-refractivity contribution is 5.76. The predicted molar refractivity (Wildman–Crippen MR) is 71.6 cm³/mol. The highest BCUT2D eigenvalue weighted by Crippen LogP contribution is 2.04. The van der Waals surface area contributed by atoms with Crippen LogP contribution < -0.4 is 11.1 Å². The molecule has 1 rings (SSSR count). The molecule has 0 aliphatic heterocycles. The Balaban J connectivity index is 2.41. The molecule has 6 heteroatoms. The van der Waals surface area contributed by atoms with Crippen molar-refractivity contribution in [2.24, 2.45) is 5.73 Å². The van der Waals surface area contributed by atoms with E-state index in [0.717, 1.165) is 5.56 Å². The molecule has 104 valence electrons. The van der Waals surface area contributed by atoms with Crippen LogP contribution in [0.2, 0.25) is 0 Å². The van der Waals surface area contributed by atoms with Crippen molar-refractivity contribution in [3.8, 4) is 0 Å². The molecule has 0 heterocycles. The molecule has 1 aromatic rings. The Kier molecular flexibility index (Phi) is 6.38. The minimum Gasteiger partial charge on any atom is -0.465 e. The van der Waals surface area contributed by atoms with Crippen molar-refractivity contribution >= 4 is 12.0 Å². The fraction of sp³-hybridized carbons (Fsp3) is 0.385. The van der Waals surface area contributed by atoms with E-state index in [1.165, 1.54) is 4.90 Å². The average molecular weight is 265 g/mol. The summed E-state index contributed by atoms with van der Waals surface area (Å²) in [6.45, 7) is 1.14. The van der Waals surface area contributed by atoms with Crippen LogP contribution in [0.4, 0.5) is 4.79 Å². The Morgan fingerprint density at radius 3 is 2.53 bits per heavy atom. The number of nitrogens with zero attached hydrogens (tertiary/aromatic N) is 1. The fourth-order valence-electron chi connectivity index (χ4n) is 1.60. The van der Waals surface area contributed by atoms with Crippen LogP contribution >= 0.6 is 0 Å². The van der Waals surface area contributed by atoms with Crippen LogP contribution in [0.1, 0.15) is 12.0 Å². The van der Waals surface area contributed by atoms with E-state index in [-0.39, 0.29) is 25.4 Å². The van der Waals surface area contributed by atoms with Gasteiger partial charge in [0.15, 0.2) is 0 Å². The Hall–Kier alpha value is -2.08. The van der Waals surface area contributed by atoms with Gasteiger partial charge in [-0.3, -0.25) is 4.79 Å². The van der Waals surface area contributed by atoms with Crippen LogP contribution in [0.25, 0.3) is 0 Å². The number of rotatable bonds is 7. The summed E-state index contributed by atoms with van der Waals surface area (Å²) in [7, 11) is 0. The molecule has 0 saturated heterocycles. The minimum atomic E-state index is -1.00. The number of nitrogens with one attached hydrogen (secondary N) is 1. The third kappa shape index (κ3) is 5.87. The maximum absolute atomic E-state index is 11.2. The first-order valence-corrected chi connectivity index (χ1v) is 6.12. The van der Waals surface area contributed by atoms with E-state index in [1.54, 1.807) is 0 Å². The number of hydrogen-bond donors (Lipinski definition) is 3. The van der Waals surface area contributed by atoms with Gasteiger partial charge in [0.05, 0.1) is 0 Å². The maximum Gasteiger partial charge on any atom is 0.407 e. The van der Waals surface area contributed by atoms with Crippen molar-refractivity contribution in [2.75, 3.05) is 19.6 Å². The summed E-state index contributed by atoms with van der Waals surface area (Å²) >= 11 is 0. The van der Waals surface area contributed by atoms with Crippen molar-refractivity contribution < 1.29 is 14.7 Å². The topological polar surface area (TPSA) is 95.7 Å². The first kappa shape index (κ1) is 15.0. The number of carbonyl (C=O) groups is 2. The molecule has 0 unspecified atom stereocenters. The van der Waals surface area contributed by atoms with Gasteiger partial charge in [-0.15, -0.1) is 0 Å². The molecular formula is C13H19N3O3. The summed E-state index contributed by atoms with van der Waals surface area (Å²) in [4.78, 5) is 23.6. The van der Waals surface area contributed by atoms with E-state index in [1.807, 2.05) is 30.3 Å². The zero-order valence-electron chi connectivity index (χ0n) is 10.7. The molecule has 0 spiro atoms. The van der Waals surface area contributed by atoms with Gasteiger partial charge in [0.2, 0.25) is 5.91 Å². The van der Waals surface area contributed by atoms with E-state index >= 15 is 0 Å². The van der Waals surface area contributed by atoms with Gasteiger partial charge in [0.25, 0.3) is 0 Å². The molecule has 0 atom stereocenters. The van der Waals surface area contributed by atoms with Crippen LogP contribution in [0.5, 0.6) is 0 Å². The van der Waals surface area contributed by atoms with E-state index in [4.69, 9.17) is 10.8 Å². The van der Waals surface area contributed by atoms with E-state index in [2.05, 4.69) is 5.32 Å². The zero-order chi connectivity index (χ0) is 14.1. The van der Waals surface area contributed by atoms with Gasteiger partial charge < -0.3 is 21.1 Å². The van der Waals surface area contributed by atoms with E-state index in [0.29, 0.717) is 13.1 Å². The monoisotopic (exact) mass is 265 g/mol. The molecule has 0 aliphatic carbocycles. The van der Waals surface area contributed by atoms with Crippen LogP contribution in [0.15, 0.2) is 30.3 Å². The lowest BCUT2D eigenvalue weighted by molar-refractivity contribution is -0.120. The van der Waals surface area contributed by atoms with E-state index in [9.17, 15) is 9.59 Å². The SMILES string of the molecule is NCCC(=O)NCCN(Cc1ccccc1)C(=O)O. The smallest absolute Gasteiger partial charge is 0.407 e. The highest BCUT2D eigenvalue weighted by atomic mass is 16.4. The van der Waals surface area contributed by atoms with Crippen LogP contribution in [0, 0.1) is 0 Å². The van der Waals surface area contributed by atoms with Crippen molar-refractivity contribution in [1.29, 1.82) is 0 Å². The Labute approximate surface area is 112 Å². The molecule has 0 aromatic heterocycles. The van der Waals surface area contributed by atoms with E-state index < -0.39 is 6.09 Å². The lowest BCUT2D eigenvalue weighted by Crippen LogP contribution is -2.37. The highest BCUT2D eigenvalue weighted by Gasteiger charge is 2.12. The van der Waals surface area contributed by atoms with Gasteiger partial charge in [-0.1, -0.05) is 30.3 Å². The van der Waals surface area contributed by atoms with Crippen molar-refractivity contribution in [1.82, 2.24) is 10.2 Å². The van der Waals surface area contributed by atoms with Gasteiger partial charge in [-0.05, 0) is 5.56 Å². The molecule has 0 fully saturated rings. The molecular weight excluding hydrogens is 246 g/mol. The van der Waals surface area contributed by atoms with Gasteiger partial charge >= 0.3 is 6.09 Å². The first-order chi connectivity index (χ1) is 9.13. The standard InChI is InChI=1S/C13H19N3O3/c14-7-6-12(17)15-8-9-16(13(18)19)10-11-4-2-1-3-5-11/h1-5H,6-10,14H2,(H,15,17)(H,18,19). The third-order valence-electron chi connectivity index (χ3n) is 2.56. The first-order valence-electron chi connectivity index (χ1n) is 6.12. The Morgan fingerprint density at radius 1 is 1.26 bits per heavy atom. The summed E-state index contributed by atoms with van der Waals surface area (Å²) in [5.41, 5.74) is 6.16. The second-order valence-corrected chi connectivity index (χ2v) is 4.08. The van der Waals surface area contributed by atoms with Crippen LogP contribution in [0.3, 0.4) is 0 Å². The molecule has 0 bridgehead atoms. The summed E-state index contributed by atoms with van der Waals surface area (Å²) in [5, 5.41) is 11.7. The third-order valence-corrected chi connectivity index (χ3v) is 2.56. The minimum absolute atomic E-state index is 0.160. The number of nitrogens with two attached hydrogens (primary N) is 1. The van der Waals surface area contributed by atoms with Crippen molar-refractivity contribution in [2.45, 2.75) is 13.0 Å². The molecule has 0 aliphatic rings. The summed E-state index contributed by atoms with van der Waals surface area (Å²) in [6.07, 6.45) is -0.747. The number of carbonyl (C=O) groups excluding carboxylic acids is 1. The lowest BCUT2D eigenvalue weighted by Gasteiger charge is -2.19. The lowest BCUT2D eigenvalue weighted by atomic mass is 10.2. The molecule has 1 aromatic carbocycles. The quantitative estimate of drug-likeness (QED) is 0.674. The molecule has 19 heavy (non-hydrogen) atoms. The number of benzene rings is 1. The van der Waals surface area contributed by atoms with Crippen molar-refractivity contribution in [3.63, 3.8) is 0 Å². The van der Waals surface area contributed by atoms with Gasteiger partial charge in [0, 0.05) is 32.6 Å². The summed E-state index contributed by atoms with van der Waals surface area (Å²) in [5.74, 6) is -0.160. The Bertz CT molecular complexity index is 409. The largest absolute Gasteiger partial charge is 0.465 e. The second kappa shape index (κ2) is 8.10. The molecule has 4 N–H and O–H groups in total. The molecule has 0 radical (unpaired) electrons. The predicted octanol–water partition coefficient (Wildman–Crippen LogP) is 0.632. The van der Waals surface area contributed by atoms with Crippen LogP contribution in [-0.2, 0) is 11.3 Å².